The number of carbonyl (C=O) groups excluding carboxylic acids is 3. The average Bonchev–Trinajstić information content (AvgIpc) is 3.73. The van der Waals surface area contributed by atoms with E-state index in [9.17, 15) is 37.7 Å². The summed E-state index contributed by atoms with van der Waals surface area (Å²) in [6.07, 6.45) is -2.33. The van der Waals surface area contributed by atoms with Crippen molar-refractivity contribution in [2.45, 2.75) is 44.1 Å². The Morgan fingerprint density at radius 2 is 1.85 bits per heavy atom. The summed E-state index contributed by atoms with van der Waals surface area (Å²) in [4.78, 5) is 50.1. The van der Waals surface area contributed by atoms with E-state index < -0.39 is 40.0 Å². The van der Waals surface area contributed by atoms with Crippen molar-refractivity contribution in [2.24, 2.45) is 0 Å². The maximum absolute atomic E-state index is 13.5. The Morgan fingerprint density at radius 3 is 2.54 bits per heavy atom. The molecule has 0 atom stereocenters. The number of thioether (sulfide) groups is 1. The number of ether oxygens (including phenoxy) is 1. The van der Waals surface area contributed by atoms with E-state index in [2.05, 4.69) is 20.8 Å². The normalized spacial score (nSPS) is 12.4. The molecule has 0 saturated heterocycles. The number of aryl methyl sites for hydroxylation is 1. The number of fused-ring (bicyclic) bond motifs is 1. The highest BCUT2D eigenvalue weighted by Crippen LogP contribution is 2.40. The number of hydrogen-bond donors (Lipinski definition) is 2. The molecule has 12 nitrogen and oxygen atoms in total. The predicted molar refractivity (Wildman–Crippen MR) is 162 cm³/mol. The van der Waals surface area contributed by atoms with E-state index in [0.717, 1.165) is 47.2 Å². The summed E-state index contributed by atoms with van der Waals surface area (Å²) < 4.78 is 47.0. The number of nitrogens with zero attached hydrogens (tertiary/aromatic N) is 4. The van der Waals surface area contributed by atoms with Crippen molar-refractivity contribution in [3.8, 4) is 5.69 Å². The van der Waals surface area contributed by atoms with Crippen LogP contribution >= 0.6 is 23.1 Å². The van der Waals surface area contributed by atoms with E-state index >= 15 is 0 Å². The third kappa shape index (κ3) is 7.04. The van der Waals surface area contributed by atoms with Crippen LogP contribution in [-0.2, 0) is 35.1 Å². The predicted octanol–water partition coefficient (Wildman–Crippen LogP) is 5.58. The number of alkyl halides is 3. The zero-order valence-corrected chi connectivity index (χ0v) is 25.7. The van der Waals surface area contributed by atoms with Gasteiger partial charge in [0.25, 0.3) is 11.6 Å². The van der Waals surface area contributed by atoms with Gasteiger partial charge in [-0.05, 0) is 56.0 Å². The molecule has 17 heteroatoms. The molecule has 5 rings (SSSR count). The van der Waals surface area contributed by atoms with Crippen LogP contribution in [0.5, 0.6) is 0 Å². The minimum atomic E-state index is -4.75. The first-order valence-corrected chi connectivity index (χ1v) is 15.7. The van der Waals surface area contributed by atoms with E-state index in [1.54, 1.807) is 6.92 Å². The van der Waals surface area contributed by atoms with Gasteiger partial charge in [0.2, 0.25) is 5.91 Å². The van der Waals surface area contributed by atoms with Crippen LogP contribution in [0.4, 0.5) is 23.9 Å². The lowest BCUT2D eigenvalue weighted by Gasteiger charge is -2.13. The first-order valence-electron chi connectivity index (χ1n) is 13.9. The Kier molecular flexibility index (Phi) is 9.71. The van der Waals surface area contributed by atoms with Crippen molar-refractivity contribution >= 4 is 51.6 Å². The van der Waals surface area contributed by atoms with E-state index in [1.165, 1.54) is 52.3 Å². The molecule has 0 fully saturated rings. The molecule has 4 aromatic rings. The highest BCUT2D eigenvalue weighted by molar-refractivity contribution is 7.99. The Labute approximate surface area is 267 Å². The molecular formula is C29H25F3N6O6S2. The van der Waals surface area contributed by atoms with Gasteiger partial charge in [0.05, 0.1) is 40.5 Å². The van der Waals surface area contributed by atoms with E-state index in [4.69, 9.17) is 4.74 Å². The van der Waals surface area contributed by atoms with Crippen molar-refractivity contribution in [1.29, 1.82) is 0 Å². The SMILES string of the molecule is CCOC(=O)c1c(NC(=O)CSc2nnc(CNC(=O)c3ccccc3C(F)(F)F)n2-c2ccc([N+](=O)[O-])cc2)sc2c1CCC2. The van der Waals surface area contributed by atoms with Crippen LogP contribution in [-0.4, -0.2) is 49.8 Å². The smallest absolute Gasteiger partial charge is 0.417 e. The summed E-state index contributed by atoms with van der Waals surface area (Å²) in [5.41, 5.74) is -0.286. The number of thiophene rings is 1. The van der Waals surface area contributed by atoms with Crippen molar-refractivity contribution in [1.82, 2.24) is 20.1 Å². The number of non-ortho nitro benzene ring substituents is 1. The van der Waals surface area contributed by atoms with Crippen molar-refractivity contribution in [2.75, 3.05) is 17.7 Å². The molecule has 46 heavy (non-hydrogen) atoms. The first kappa shape index (κ1) is 32.6. The minimum Gasteiger partial charge on any atom is -0.462 e. The quantitative estimate of drug-likeness (QED) is 0.0897. The van der Waals surface area contributed by atoms with Crippen LogP contribution < -0.4 is 10.6 Å². The van der Waals surface area contributed by atoms with Crippen molar-refractivity contribution in [3.63, 3.8) is 0 Å². The molecule has 0 spiro atoms. The van der Waals surface area contributed by atoms with Gasteiger partial charge in [0.1, 0.15) is 5.00 Å². The standard InChI is InChI=1S/C29H25F3N6O6S2/c1-2-44-27(41)24-19-7-5-9-21(19)46-26(24)34-23(39)15-45-28-36-35-22(37(28)16-10-12-17(13-11-16)38(42)43)14-33-25(40)18-6-3-4-8-20(18)29(30,31)32/h3-4,6,8,10-13H,2,5,7,9,14-15H2,1H3,(H,33,40)(H,34,39). The number of nitro benzene ring substituents is 1. The van der Waals surface area contributed by atoms with Gasteiger partial charge in [-0.2, -0.15) is 13.2 Å². The van der Waals surface area contributed by atoms with Gasteiger partial charge >= 0.3 is 12.1 Å². The second kappa shape index (κ2) is 13.7. The third-order valence-corrected chi connectivity index (χ3v) is 9.03. The van der Waals surface area contributed by atoms with E-state index in [-0.39, 0.29) is 35.6 Å². The number of rotatable bonds is 11. The zero-order chi connectivity index (χ0) is 33.0. The van der Waals surface area contributed by atoms with Crippen LogP contribution in [0.2, 0.25) is 0 Å². The summed E-state index contributed by atoms with van der Waals surface area (Å²) in [7, 11) is 0. The Hall–Kier alpha value is -4.77. The first-order chi connectivity index (χ1) is 22.0. The number of halogens is 3. The fraction of sp³-hybridized carbons (Fsp3) is 0.276. The van der Waals surface area contributed by atoms with Gasteiger partial charge in [0, 0.05) is 22.7 Å². The van der Waals surface area contributed by atoms with Crippen LogP contribution in [0.1, 0.15) is 55.9 Å². The Morgan fingerprint density at radius 1 is 1.11 bits per heavy atom. The summed E-state index contributed by atoms with van der Waals surface area (Å²) >= 11 is 2.29. The molecule has 2 amide bonds. The van der Waals surface area contributed by atoms with Crippen LogP contribution in [0, 0.1) is 10.1 Å². The van der Waals surface area contributed by atoms with Gasteiger partial charge < -0.3 is 15.4 Å². The van der Waals surface area contributed by atoms with Gasteiger partial charge in [-0.1, -0.05) is 23.9 Å². The molecule has 2 heterocycles. The zero-order valence-electron chi connectivity index (χ0n) is 24.1. The van der Waals surface area contributed by atoms with Crippen molar-refractivity contribution < 1.29 is 37.2 Å². The summed E-state index contributed by atoms with van der Waals surface area (Å²) in [5, 5.41) is 25.1. The number of nitrogens with one attached hydrogen (secondary N) is 2. The van der Waals surface area contributed by atoms with Crippen LogP contribution in [0.15, 0.2) is 53.7 Å². The number of hydrogen-bond acceptors (Lipinski definition) is 10. The molecule has 0 unspecified atom stereocenters. The van der Waals surface area contributed by atoms with E-state index in [0.29, 0.717) is 22.7 Å². The van der Waals surface area contributed by atoms with Gasteiger partial charge in [-0.15, -0.1) is 21.5 Å². The highest BCUT2D eigenvalue weighted by atomic mass is 32.2. The summed E-state index contributed by atoms with van der Waals surface area (Å²) in [6, 6.07) is 9.64. The van der Waals surface area contributed by atoms with Crippen LogP contribution in [0.3, 0.4) is 0 Å². The van der Waals surface area contributed by atoms with E-state index in [1.807, 2.05) is 0 Å². The number of carbonyl (C=O) groups is 3. The molecule has 2 aromatic heterocycles. The lowest BCUT2D eigenvalue weighted by Crippen LogP contribution is -2.27. The number of amides is 2. The molecule has 0 aliphatic heterocycles. The van der Waals surface area contributed by atoms with Gasteiger partial charge in [-0.25, -0.2) is 4.79 Å². The second-order valence-electron chi connectivity index (χ2n) is 9.85. The number of nitro groups is 1. The van der Waals surface area contributed by atoms with Crippen molar-refractivity contribution in [3.05, 3.63) is 91.6 Å². The Bertz CT molecular complexity index is 1810. The molecule has 2 N–H and O–H groups in total. The second-order valence-corrected chi connectivity index (χ2v) is 11.9. The van der Waals surface area contributed by atoms with Crippen LogP contribution in [0.25, 0.3) is 5.69 Å². The summed E-state index contributed by atoms with van der Waals surface area (Å²) in [5.74, 6) is -2.05. The lowest BCUT2D eigenvalue weighted by molar-refractivity contribution is -0.384. The van der Waals surface area contributed by atoms with Gasteiger partial charge in [-0.3, -0.25) is 24.3 Å². The molecule has 1 aliphatic rings. The van der Waals surface area contributed by atoms with Gasteiger partial charge in [0.15, 0.2) is 11.0 Å². The molecule has 0 bridgehead atoms. The topological polar surface area (TPSA) is 158 Å². The molecule has 2 aromatic carbocycles. The fourth-order valence-corrected chi connectivity index (χ4v) is 6.94. The maximum atomic E-state index is 13.5. The largest absolute Gasteiger partial charge is 0.462 e. The molecule has 0 radical (unpaired) electrons. The minimum absolute atomic E-state index is 0.0916. The third-order valence-electron chi connectivity index (χ3n) is 6.89. The Balaban J connectivity index is 1.36. The molecule has 240 valence electrons. The molecule has 1 aliphatic carbocycles. The molecule has 0 saturated carbocycles. The summed E-state index contributed by atoms with van der Waals surface area (Å²) in [6.45, 7) is 1.52. The fourth-order valence-electron chi connectivity index (χ4n) is 4.88. The number of benzene rings is 2. The highest BCUT2D eigenvalue weighted by Gasteiger charge is 2.35. The maximum Gasteiger partial charge on any atom is 0.417 e. The molecular weight excluding hydrogens is 649 g/mol. The lowest BCUT2D eigenvalue weighted by atomic mass is 10.1. The number of anilines is 1. The average molecular weight is 675 g/mol. The monoisotopic (exact) mass is 674 g/mol. The number of aromatic nitrogens is 3. The number of esters is 1.